The van der Waals surface area contributed by atoms with Crippen LogP contribution in [0.1, 0.15) is 25.8 Å². The minimum absolute atomic E-state index is 0.0592. The first-order valence-corrected chi connectivity index (χ1v) is 11.2. The van der Waals surface area contributed by atoms with E-state index in [-0.39, 0.29) is 24.3 Å². The van der Waals surface area contributed by atoms with Crippen molar-refractivity contribution in [2.24, 2.45) is 5.92 Å². The molecule has 33 heavy (non-hydrogen) atoms. The Morgan fingerprint density at radius 1 is 1.09 bits per heavy atom. The van der Waals surface area contributed by atoms with Crippen LogP contribution in [0.5, 0.6) is 0 Å². The first-order valence-electron chi connectivity index (χ1n) is 11.2. The van der Waals surface area contributed by atoms with E-state index in [0.29, 0.717) is 25.5 Å². The summed E-state index contributed by atoms with van der Waals surface area (Å²) in [6.07, 6.45) is 2.29. The number of hydrogen-bond donors (Lipinski definition) is 1. The summed E-state index contributed by atoms with van der Waals surface area (Å²) >= 11 is 0. The molecule has 0 saturated heterocycles. The summed E-state index contributed by atoms with van der Waals surface area (Å²) < 4.78 is 6.98. The zero-order valence-electron chi connectivity index (χ0n) is 19.7. The number of imidazole rings is 1. The number of rotatable bonds is 10. The van der Waals surface area contributed by atoms with E-state index in [1.165, 1.54) is 4.90 Å². The summed E-state index contributed by atoms with van der Waals surface area (Å²) in [6, 6.07) is 17.8. The Bertz CT molecular complexity index is 1060. The van der Waals surface area contributed by atoms with Crippen LogP contribution < -0.4 is 5.32 Å². The molecule has 0 unspecified atom stereocenters. The number of nitrogens with one attached hydrogen (secondary N) is 1. The third-order valence-corrected chi connectivity index (χ3v) is 5.17. The number of carbonyl (C=O) groups excluding carboxylic acids is 2. The Balaban J connectivity index is 1.85. The van der Waals surface area contributed by atoms with Gasteiger partial charge in [0, 0.05) is 37.5 Å². The van der Waals surface area contributed by atoms with E-state index in [1.807, 2.05) is 86.1 Å². The fourth-order valence-electron chi connectivity index (χ4n) is 3.43. The largest absolute Gasteiger partial charge is 0.383 e. The molecule has 3 rings (SSSR count). The second-order valence-corrected chi connectivity index (χ2v) is 8.48. The topological polar surface area (TPSA) is 76.5 Å². The van der Waals surface area contributed by atoms with Gasteiger partial charge in [0.15, 0.2) is 0 Å². The highest BCUT2D eigenvalue weighted by Crippen LogP contribution is 2.24. The summed E-state index contributed by atoms with van der Waals surface area (Å²) in [7, 11) is 1.58. The van der Waals surface area contributed by atoms with Gasteiger partial charge < -0.3 is 9.64 Å². The Labute approximate surface area is 195 Å². The van der Waals surface area contributed by atoms with Crippen molar-refractivity contribution in [2.75, 3.05) is 32.1 Å². The van der Waals surface area contributed by atoms with E-state index >= 15 is 0 Å². The molecule has 174 valence electrons. The van der Waals surface area contributed by atoms with Gasteiger partial charge in [0.1, 0.15) is 6.54 Å². The zero-order valence-corrected chi connectivity index (χ0v) is 19.7. The standard InChI is InChI=1S/C26H32N4O3/c1-19(2)16-25(32)29(14-15-33-4)18-24(31)28-26-27-23(21-8-6-5-7-9-21)17-30(26)22-12-10-20(3)11-13-22/h5-13,17,19H,14-16,18H2,1-4H3,(H,27,28,31). The molecule has 1 aromatic heterocycles. The lowest BCUT2D eigenvalue weighted by Gasteiger charge is -2.22. The number of hydrogen-bond acceptors (Lipinski definition) is 4. The highest BCUT2D eigenvalue weighted by atomic mass is 16.5. The Hall–Kier alpha value is -3.45. The van der Waals surface area contributed by atoms with Gasteiger partial charge in [-0.15, -0.1) is 0 Å². The minimum atomic E-state index is -0.304. The predicted octanol–water partition coefficient (Wildman–Crippen LogP) is 4.31. The number of nitrogens with zero attached hydrogens (tertiary/aromatic N) is 3. The van der Waals surface area contributed by atoms with E-state index in [4.69, 9.17) is 4.74 Å². The highest BCUT2D eigenvalue weighted by molar-refractivity contribution is 5.94. The van der Waals surface area contributed by atoms with Crippen molar-refractivity contribution in [1.82, 2.24) is 14.5 Å². The van der Waals surface area contributed by atoms with Crippen LogP contribution in [-0.4, -0.2) is 53.1 Å². The van der Waals surface area contributed by atoms with Crippen LogP contribution in [0.25, 0.3) is 16.9 Å². The van der Waals surface area contributed by atoms with Crippen molar-refractivity contribution in [1.29, 1.82) is 0 Å². The number of methoxy groups -OCH3 is 1. The maximum atomic E-state index is 13.0. The Morgan fingerprint density at radius 2 is 1.79 bits per heavy atom. The van der Waals surface area contributed by atoms with Crippen LogP contribution in [0, 0.1) is 12.8 Å². The van der Waals surface area contributed by atoms with E-state index in [9.17, 15) is 9.59 Å². The molecule has 0 bridgehead atoms. The molecule has 1 N–H and O–H groups in total. The molecule has 0 saturated carbocycles. The first-order chi connectivity index (χ1) is 15.9. The van der Waals surface area contributed by atoms with Gasteiger partial charge >= 0.3 is 0 Å². The van der Waals surface area contributed by atoms with Crippen molar-refractivity contribution < 1.29 is 14.3 Å². The minimum Gasteiger partial charge on any atom is -0.383 e. The molecule has 2 aromatic carbocycles. The monoisotopic (exact) mass is 448 g/mol. The average molecular weight is 449 g/mol. The van der Waals surface area contributed by atoms with E-state index in [1.54, 1.807) is 7.11 Å². The predicted molar refractivity (Wildman–Crippen MR) is 130 cm³/mol. The van der Waals surface area contributed by atoms with Gasteiger partial charge in [-0.05, 0) is 25.0 Å². The summed E-state index contributed by atoms with van der Waals surface area (Å²) in [5.41, 5.74) is 3.73. The van der Waals surface area contributed by atoms with E-state index in [2.05, 4.69) is 10.3 Å². The van der Waals surface area contributed by atoms with Crippen LogP contribution in [0.15, 0.2) is 60.8 Å². The molecule has 0 atom stereocenters. The summed E-state index contributed by atoms with van der Waals surface area (Å²) in [6.45, 7) is 6.66. The molecular weight excluding hydrogens is 416 g/mol. The molecule has 1 heterocycles. The lowest BCUT2D eigenvalue weighted by atomic mass is 10.1. The number of amides is 2. The molecule has 0 fully saturated rings. The van der Waals surface area contributed by atoms with Gasteiger partial charge in [0.05, 0.1) is 12.3 Å². The van der Waals surface area contributed by atoms with Crippen LogP contribution in [0.2, 0.25) is 0 Å². The molecule has 7 heteroatoms. The lowest BCUT2D eigenvalue weighted by Crippen LogP contribution is -2.40. The van der Waals surface area contributed by atoms with Crippen LogP contribution in [-0.2, 0) is 14.3 Å². The van der Waals surface area contributed by atoms with Gasteiger partial charge in [0.2, 0.25) is 17.8 Å². The second-order valence-electron chi connectivity index (χ2n) is 8.48. The van der Waals surface area contributed by atoms with Crippen molar-refractivity contribution in [2.45, 2.75) is 27.2 Å². The van der Waals surface area contributed by atoms with E-state index in [0.717, 1.165) is 22.5 Å². The number of benzene rings is 2. The van der Waals surface area contributed by atoms with Gasteiger partial charge in [-0.25, -0.2) is 4.98 Å². The van der Waals surface area contributed by atoms with E-state index < -0.39 is 0 Å². The molecule has 0 radical (unpaired) electrons. The maximum Gasteiger partial charge on any atom is 0.246 e. The molecule has 0 aliphatic heterocycles. The van der Waals surface area contributed by atoms with Gasteiger partial charge in [-0.3, -0.25) is 19.5 Å². The normalized spacial score (nSPS) is 10.9. The number of aromatic nitrogens is 2. The zero-order chi connectivity index (χ0) is 23.8. The van der Waals surface area contributed by atoms with Gasteiger partial charge in [0.25, 0.3) is 0 Å². The Kier molecular flexibility index (Phi) is 8.38. The fraction of sp³-hybridized carbons (Fsp3) is 0.346. The number of anilines is 1. The van der Waals surface area contributed by atoms with Crippen molar-refractivity contribution >= 4 is 17.8 Å². The molecule has 0 aliphatic carbocycles. The molecular formula is C26H32N4O3. The van der Waals surface area contributed by atoms with Crippen LogP contribution in [0.3, 0.4) is 0 Å². The van der Waals surface area contributed by atoms with Crippen molar-refractivity contribution in [3.63, 3.8) is 0 Å². The second kappa shape index (κ2) is 11.4. The quantitative estimate of drug-likeness (QED) is 0.502. The van der Waals surface area contributed by atoms with Crippen molar-refractivity contribution in [3.8, 4) is 16.9 Å². The summed E-state index contributed by atoms with van der Waals surface area (Å²) in [5, 5.41) is 2.91. The summed E-state index contributed by atoms with van der Waals surface area (Å²) in [5.74, 6) is 0.246. The van der Waals surface area contributed by atoms with Crippen LogP contribution >= 0.6 is 0 Å². The van der Waals surface area contributed by atoms with Crippen LogP contribution in [0.4, 0.5) is 5.95 Å². The fourth-order valence-corrected chi connectivity index (χ4v) is 3.43. The van der Waals surface area contributed by atoms with Gasteiger partial charge in [-0.2, -0.15) is 0 Å². The smallest absolute Gasteiger partial charge is 0.246 e. The third-order valence-electron chi connectivity index (χ3n) is 5.17. The number of carbonyl (C=O) groups is 2. The molecule has 0 aliphatic rings. The molecule has 0 spiro atoms. The molecule has 7 nitrogen and oxygen atoms in total. The third kappa shape index (κ3) is 6.76. The maximum absolute atomic E-state index is 13.0. The van der Waals surface area contributed by atoms with Crippen molar-refractivity contribution in [3.05, 3.63) is 66.4 Å². The highest BCUT2D eigenvalue weighted by Gasteiger charge is 2.20. The summed E-state index contributed by atoms with van der Waals surface area (Å²) in [4.78, 5) is 31.8. The SMILES string of the molecule is COCCN(CC(=O)Nc1nc(-c2ccccc2)cn1-c1ccc(C)cc1)C(=O)CC(C)C. The first kappa shape index (κ1) is 24.2. The van der Waals surface area contributed by atoms with Gasteiger partial charge in [-0.1, -0.05) is 61.9 Å². The lowest BCUT2D eigenvalue weighted by molar-refractivity contribution is -0.136. The molecule has 3 aromatic rings. The average Bonchev–Trinajstić information content (AvgIpc) is 3.20. The number of ether oxygens (including phenoxy) is 1. The number of aryl methyl sites for hydroxylation is 1. The molecule has 2 amide bonds. The Morgan fingerprint density at radius 3 is 2.42 bits per heavy atom.